The van der Waals surface area contributed by atoms with Crippen LogP contribution in [0.3, 0.4) is 0 Å². The SMILES string of the molecule is O=C(NCc1cncc2c1CCN(Cc1ccsc1)C2)C1CC1. The molecule has 3 heterocycles. The summed E-state index contributed by atoms with van der Waals surface area (Å²) in [6.07, 6.45) is 7.04. The molecule has 0 unspecified atom stereocenters. The quantitative estimate of drug-likeness (QED) is 0.918. The summed E-state index contributed by atoms with van der Waals surface area (Å²) in [4.78, 5) is 18.7. The van der Waals surface area contributed by atoms with E-state index < -0.39 is 0 Å². The Balaban J connectivity index is 1.42. The molecule has 2 aromatic rings. The molecule has 120 valence electrons. The van der Waals surface area contributed by atoms with Crippen molar-refractivity contribution in [3.8, 4) is 0 Å². The third kappa shape index (κ3) is 3.46. The first-order chi connectivity index (χ1) is 11.3. The predicted octanol–water partition coefficient (Wildman–Crippen LogP) is 2.73. The zero-order valence-electron chi connectivity index (χ0n) is 13.1. The highest BCUT2D eigenvalue weighted by molar-refractivity contribution is 7.07. The van der Waals surface area contributed by atoms with E-state index in [1.807, 2.05) is 12.4 Å². The highest BCUT2D eigenvalue weighted by atomic mass is 32.1. The number of hydrogen-bond donors (Lipinski definition) is 1. The molecule has 0 saturated heterocycles. The van der Waals surface area contributed by atoms with E-state index in [9.17, 15) is 4.79 Å². The van der Waals surface area contributed by atoms with Gasteiger partial charge in [-0.25, -0.2) is 0 Å². The molecule has 4 nitrogen and oxygen atoms in total. The minimum atomic E-state index is 0.206. The van der Waals surface area contributed by atoms with E-state index in [2.05, 4.69) is 32.0 Å². The van der Waals surface area contributed by atoms with Crippen molar-refractivity contribution >= 4 is 17.2 Å². The van der Waals surface area contributed by atoms with Gasteiger partial charge >= 0.3 is 0 Å². The highest BCUT2D eigenvalue weighted by Crippen LogP contribution is 2.29. The van der Waals surface area contributed by atoms with Gasteiger partial charge in [-0.2, -0.15) is 11.3 Å². The lowest BCUT2D eigenvalue weighted by atomic mass is 9.97. The third-order valence-electron chi connectivity index (χ3n) is 4.70. The Kier molecular flexibility index (Phi) is 4.14. The number of carbonyl (C=O) groups excluding carboxylic acids is 1. The van der Waals surface area contributed by atoms with Gasteiger partial charge in [0.2, 0.25) is 5.91 Å². The largest absolute Gasteiger partial charge is 0.352 e. The van der Waals surface area contributed by atoms with Crippen LogP contribution in [0.1, 0.15) is 35.1 Å². The van der Waals surface area contributed by atoms with Crippen LogP contribution in [0.25, 0.3) is 0 Å². The topological polar surface area (TPSA) is 45.2 Å². The van der Waals surface area contributed by atoms with Crippen LogP contribution in [-0.2, 0) is 30.8 Å². The molecule has 0 aromatic carbocycles. The number of rotatable bonds is 5. The van der Waals surface area contributed by atoms with Gasteiger partial charge in [-0.3, -0.25) is 14.7 Å². The summed E-state index contributed by atoms with van der Waals surface area (Å²) >= 11 is 1.75. The van der Waals surface area contributed by atoms with Gasteiger partial charge < -0.3 is 5.32 Å². The molecule has 0 atom stereocenters. The van der Waals surface area contributed by atoms with Crippen molar-refractivity contribution in [1.29, 1.82) is 0 Å². The maximum absolute atomic E-state index is 11.8. The van der Waals surface area contributed by atoms with Crippen LogP contribution in [0.15, 0.2) is 29.2 Å². The normalized spacial score (nSPS) is 17.7. The van der Waals surface area contributed by atoms with Gasteiger partial charge in [0.15, 0.2) is 0 Å². The molecule has 2 aliphatic rings. The van der Waals surface area contributed by atoms with Crippen LogP contribution in [0.5, 0.6) is 0 Å². The number of nitrogens with one attached hydrogen (secondary N) is 1. The van der Waals surface area contributed by atoms with Crippen molar-refractivity contribution in [2.24, 2.45) is 5.92 Å². The average molecular weight is 327 g/mol. The van der Waals surface area contributed by atoms with Gasteiger partial charge in [-0.05, 0) is 58.3 Å². The Morgan fingerprint density at radius 1 is 1.39 bits per heavy atom. The van der Waals surface area contributed by atoms with E-state index in [1.54, 1.807) is 11.3 Å². The molecular formula is C18H21N3OS. The maximum atomic E-state index is 11.8. The molecular weight excluding hydrogens is 306 g/mol. The number of pyridine rings is 1. The smallest absolute Gasteiger partial charge is 0.223 e. The van der Waals surface area contributed by atoms with Crippen LogP contribution in [0.4, 0.5) is 0 Å². The van der Waals surface area contributed by atoms with Crippen LogP contribution in [-0.4, -0.2) is 22.3 Å². The summed E-state index contributed by atoms with van der Waals surface area (Å²) in [6.45, 7) is 3.64. The van der Waals surface area contributed by atoms with Crippen molar-refractivity contribution in [2.75, 3.05) is 6.54 Å². The lowest BCUT2D eigenvalue weighted by molar-refractivity contribution is -0.122. The molecule has 1 aliphatic carbocycles. The fourth-order valence-electron chi connectivity index (χ4n) is 3.23. The van der Waals surface area contributed by atoms with Crippen molar-refractivity contribution in [3.63, 3.8) is 0 Å². The molecule has 1 amide bonds. The van der Waals surface area contributed by atoms with Gasteiger partial charge in [-0.15, -0.1) is 0 Å². The maximum Gasteiger partial charge on any atom is 0.223 e. The van der Waals surface area contributed by atoms with Crippen molar-refractivity contribution in [3.05, 3.63) is 51.5 Å². The molecule has 2 aromatic heterocycles. The molecule has 23 heavy (non-hydrogen) atoms. The van der Waals surface area contributed by atoms with Crippen LogP contribution in [0, 0.1) is 5.92 Å². The van der Waals surface area contributed by atoms with E-state index >= 15 is 0 Å². The van der Waals surface area contributed by atoms with Gasteiger partial charge in [0.1, 0.15) is 0 Å². The van der Waals surface area contributed by atoms with Gasteiger partial charge in [0, 0.05) is 44.5 Å². The summed E-state index contributed by atoms with van der Waals surface area (Å²) < 4.78 is 0. The van der Waals surface area contributed by atoms with E-state index in [1.165, 1.54) is 22.3 Å². The van der Waals surface area contributed by atoms with E-state index in [4.69, 9.17) is 0 Å². The Hall–Kier alpha value is -1.72. The molecule has 5 heteroatoms. The Bertz CT molecular complexity index is 694. The molecule has 1 saturated carbocycles. The second-order valence-corrected chi connectivity index (χ2v) is 7.30. The Morgan fingerprint density at radius 2 is 2.30 bits per heavy atom. The number of nitrogens with zero attached hydrogens (tertiary/aromatic N) is 2. The summed E-state index contributed by atoms with van der Waals surface area (Å²) in [5, 5.41) is 7.42. The lowest BCUT2D eigenvalue weighted by Crippen LogP contribution is -2.32. The minimum Gasteiger partial charge on any atom is -0.352 e. The van der Waals surface area contributed by atoms with E-state index in [-0.39, 0.29) is 11.8 Å². The number of hydrogen-bond acceptors (Lipinski definition) is 4. The Morgan fingerprint density at radius 3 is 3.09 bits per heavy atom. The summed E-state index contributed by atoms with van der Waals surface area (Å²) in [5.41, 5.74) is 5.27. The Labute approximate surface area is 140 Å². The number of aromatic nitrogens is 1. The number of thiophene rings is 1. The number of amides is 1. The summed E-state index contributed by atoms with van der Waals surface area (Å²) in [6, 6.07) is 2.20. The average Bonchev–Trinajstić information content (AvgIpc) is 3.30. The van der Waals surface area contributed by atoms with Crippen LogP contribution < -0.4 is 5.32 Å². The standard InChI is InChI=1S/C18H21N3OS/c22-18(14-1-2-14)20-9-15-7-19-8-16-11-21(5-3-17(15)16)10-13-4-6-23-12-13/h4,6-8,12,14H,1-3,5,9-11H2,(H,20,22). The van der Waals surface area contributed by atoms with Crippen LogP contribution >= 0.6 is 11.3 Å². The summed E-state index contributed by atoms with van der Waals surface area (Å²) in [5.74, 6) is 0.473. The van der Waals surface area contributed by atoms with Crippen molar-refractivity contribution in [2.45, 2.75) is 38.9 Å². The molecule has 0 bridgehead atoms. The lowest BCUT2D eigenvalue weighted by Gasteiger charge is -2.29. The first-order valence-electron chi connectivity index (χ1n) is 8.25. The van der Waals surface area contributed by atoms with Crippen molar-refractivity contribution in [1.82, 2.24) is 15.2 Å². The molecule has 4 rings (SSSR count). The first-order valence-corrected chi connectivity index (χ1v) is 9.19. The predicted molar refractivity (Wildman–Crippen MR) is 90.9 cm³/mol. The van der Waals surface area contributed by atoms with Crippen molar-refractivity contribution < 1.29 is 4.79 Å². The third-order valence-corrected chi connectivity index (χ3v) is 5.43. The first kappa shape index (κ1) is 14.8. The fourth-order valence-corrected chi connectivity index (χ4v) is 3.89. The van der Waals surface area contributed by atoms with Crippen LogP contribution in [0.2, 0.25) is 0 Å². The highest BCUT2D eigenvalue weighted by Gasteiger charge is 2.29. The van der Waals surface area contributed by atoms with Gasteiger partial charge in [-0.1, -0.05) is 0 Å². The molecule has 1 aliphatic heterocycles. The van der Waals surface area contributed by atoms with Gasteiger partial charge in [0.25, 0.3) is 0 Å². The molecule has 1 N–H and O–H groups in total. The zero-order valence-corrected chi connectivity index (χ0v) is 13.9. The number of fused-ring (bicyclic) bond motifs is 1. The second-order valence-electron chi connectivity index (χ2n) is 6.52. The molecule has 1 fully saturated rings. The number of carbonyl (C=O) groups is 1. The van der Waals surface area contributed by atoms with E-state index in [0.29, 0.717) is 6.54 Å². The monoisotopic (exact) mass is 327 g/mol. The zero-order chi connectivity index (χ0) is 15.6. The molecule has 0 spiro atoms. The van der Waals surface area contributed by atoms with E-state index in [0.717, 1.165) is 38.9 Å². The minimum absolute atomic E-state index is 0.206. The van der Waals surface area contributed by atoms with Gasteiger partial charge in [0.05, 0.1) is 0 Å². The fraction of sp³-hybridized carbons (Fsp3) is 0.444. The second kappa shape index (κ2) is 6.42. The molecule has 0 radical (unpaired) electrons. The summed E-state index contributed by atoms with van der Waals surface area (Å²) in [7, 11) is 0.